The third-order valence-electron chi connectivity index (χ3n) is 1.88. The molecule has 1 rings (SSSR count). The minimum atomic E-state index is -0.462. The third-order valence-corrected chi connectivity index (χ3v) is 2.41. The molecular formula is C13H13BrO2. The summed E-state index contributed by atoms with van der Waals surface area (Å²) in [4.78, 5) is 11.2. The molecule has 84 valence electrons. The van der Waals surface area contributed by atoms with Gasteiger partial charge >= 0.3 is 5.97 Å². The second-order valence-electron chi connectivity index (χ2n) is 3.25. The first kappa shape index (κ1) is 12.8. The van der Waals surface area contributed by atoms with Crippen LogP contribution in [0, 0.1) is 11.8 Å². The maximum atomic E-state index is 11.2. The monoisotopic (exact) mass is 280 g/mol. The second kappa shape index (κ2) is 7.08. The van der Waals surface area contributed by atoms with Crippen LogP contribution in [-0.4, -0.2) is 12.6 Å². The summed E-state index contributed by atoms with van der Waals surface area (Å²) in [5.41, 5.74) is 0.802. The van der Waals surface area contributed by atoms with Gasteiger partial charge in [-0.15, -0.1) is 0 Å². The molecule has 1 aromatic carbocycles. The van der Waals surface area contributed by atoms with Gasteiger partial charge in [0.05, 0.1) is 6.61 Å². The van der Waals surface area contributed by atoms with Crippen molar-refractivity contribution in [2.75, 3.05) is 6.61 Å². The van der Waals surface area contributed by atoms with Crippen LogP contribution >= 0.6 is 15.9 Å². The number of carbonyl (C=O) groups excluding carboxylic acids is 1. The zero-order valence-corrected chi connectivity index (χ0v) is 10.7. The first-order chi connectivity index (χ1) is 7.72. The third kappa shape index (κ3) is 4.99. The summed E-state index contributed by atoms with van der Waals surface area (Å²) in [6.45, 7) is 2.49. The van der Waals surface area contributed by atoms with Gasteiger partial charge in [-0.1, -0.05) is 35.2 Å². The molecule has 0 radical (unpaired) electrons. The Kier molecular flexibility index (Phi) is 5.66. The largest absolute Gasteiger partial charge is 0.456 e. The van der Waals surface area contributed by atoms with Gasteiger partial charge in [0.2, 0.25) is 0 Å². The lowest BCUT2D eigenvalue weighted by molar-refractivity contribution is -0.136. The van der Waals surface area contributed by atoms with Crippen LogP contribution in [0.5, 0.6) is 0 Å². The summed E-state index contributed by atoms with van der Waals surface area (Å²) in [5.74, 6) is 4.74. The van der Waals surface area contributed by atoms with Crippen LogP contribution in [0.2, 0.25) is 0 Å². The summed E-state index contributed by atoms with van der Waals surface area (Å²) in [7, 11) is 0. The van der Waals surface area contributed by atoms with Gasteiger partial charge in [0.1, 0.15) is 0 Å². The molecule has 3 heteroatoms. The Morgan fingerprint density at radius 2 is 2.06 bits per heavy atom. The molecule has 0 spiro atoms. The Labute approximate surface area is 104 Å². The van der Waals surface area contributed by atoms with E-state index in [1.54, 1.807) is 0 Å². The van der Waals surface area contributed by atoms with Crippen LogP contribution in [0.3, 0.4) is 0 Å². The van der Waals surface area contributed by atoms with Crippen molar-refractivity contribution in [2.45, 2.75) is 19.8 Å². The van der Waals surface area contributed by atoms with Gasteiger partial charge in [-0.05, 0) is 30.7 Å². The molecule has 0 saturated carbocycles. The van der Waals surface area contributed by atoms with Crippen LogP contribution in [0.1, 0.15) is 25.3 Å². The Morgan fingerprint density at radius 3 is 2.69 bits per heavy atom. The van der Waals surface area contributed by atoms with E-state index < -0.39 is 5.97 Å². The van der Waals surface area contributed by atoms with E-state index in [9.17, 15) is 4.79 Å². The van der Waals surface area contributed by atoms with Crippen LogP contribution in [0.4, 0.5) is 0 Å². The number of hydrogen-bond acceptors (Lipinski definition) is 2. The fraction of sp³-hybridized carbons (Fsp3) is 0.308. The number of ether oxygens (including phenoxy) is 1. The zero-order chi connectivity index (χ0) is 11.8. The lowest BCUT2D eigenvalue weighted by atomic mass is 10.2. The van der Waals surface area contributed by atoms with E-state index in [1.807, 2.05) is 31.2 Å². The second-order valence-corrected chi connectivity index (χ2v) is 4.16. The van der Waals surface area contributed by atoms with E-state index in [2.05, 4.69) is 27.8 Å². The number of hydrogen-bond donors (Lipinski definition) is 0. The first-order valence-electron chi connectivity index (χ1n) is 5.16. The summed E-state index contributed by atoms with van der Waals surface area (Å²) in [6, 6.07) is 7.45. The highest BCUT2D eigenvalue weighted by molar-refractivity contribution is 9.10. The normalized spacial score (nSPS) is 9.12. The predicted molar refractivity (Wildman–Crippen MR) is 66.9 cm³/mol. The summed E-state index contributed by atoms with van der Waals surface area (Å²) in [6.07, 6.45) is 1.89. The van der Waals surface area contributed by atoms with Crippen LogP contribution in [0.15, 0.2) is 28.7 Å². The molecule has 1 aromatic rings. The number of esters is 1. The van der Waals surface area contributed by atoms with Crippen molar-refractivity contribution in [1.29, 1.82) is 0 Å². The maximum absolute atomic E-state index is 11.2. The number of halogens is 1. The number of unbranched alkanes of at least 4 members (excludes halogenated alkanes) is 1. The summed E-state index contributed by atoms with van der Waals surface area (Å²) < 4.78 is 5.90. The molecule has 0 saturated heterocycles. The van der Waals surface area contributed by atoms with Crippen molar-refractivity contribution < 1.29 is 9.53 Å². The highest BCUT2D eigenvalue weighted by Gasteiger charge is 1.95. The Balaban J connectivity index is 2.47. The molecule has 2 nitrogen and oxygen atoms in total. The topological polar surface area (TPSA) is 26.3 Å². The predicted octanol–water partition coefficient (Wildman–Crippen LogP) is 3.14. The Bertz CT molecular complexity index is 398. The fourth-order valence-electron chi connectivity index (χ4n) is 1.00. The van der Waals surface area contributed by atoms with E-state index in [0.717, 1.165) is 22.9 Å². The van der Waals surface area contributed by atoms with Crippen molar-refractivity contribution in [1.82, 2.24) is 0 Å². The lowest BCUT2D eigenvalue weighted by Crippen LogP contribution is -2.02. The van der Waals surface area contributed by atoms with E-state index >= 15 is 0 Å². The van der Waals surface area contributed by atoms with Gasteiger partial charge in [0.25, 0.3) is 0 Å². The minimum Gasteiger partial charge on any atom is -0.456 e. The van der Waals surface area contributed by atoms with E-state index in [0.29, 0.717) is 6.61 Å². The highest BCUT2D eigenvalue weighted by Crippen LogP contribution is 2.09. The molecular weight excluding hydrogens is 268 g/mol. The van der Waals surface area contributed by atoms with Crippen molar-refractivity contribution in [3.8, 4) is 11.8 Å². The van der Waals surface area contributed by atoms with E-state index in [4.69, 9.17) is 4.74 Å². The van der Waals surface area contributed by atoms with Gasteiger partial charge in [0.15, 0.2) is 0 Å². The van der Waals surface area contributed by atoms with Crippen molar-refractivity contribution in [2.24, 2.45) is 0 Å². The molecule has 0 aliphatic carbocycles. The molecule has 0 unspecified atom stereocenters. The molecule has 0 aliphatic rings. The van der Waals surface area contributed by atoms with E-state index in [1.165, 1.54) is 0 Å². The van der Waals surface area contributed by atoms with E-state index in [-0.39, 0.29) is 0 Å². The molecule has 0 aliphatic heterocycles. The standard InChI is InChI=1S/C13H13BrO2/c1-2-3-10-16-13(15)9-6-11-4-7-12(14)8-5-11/h4-5,7-8H,2-3,10H2,1H3. The zero-order valence-electron chi connectivity index (χ0n) is 9.13. The Hall–Kier alpha value is -1.27. The van der Waals surface area contributed by atoms with Crippen molar-refractivity contribution in [3.63, 3.8) is 0 Å². The lowest BCUT2D eigenvalue weighted by Gasteiger charge is -1.96. The van der Waals surface area contributed by atoms with Crippen molar-refractivity contribution in [3.05, 3.63) is 34.3 Å². The van der Waals surface area contributed by atoms with Crippen molar-refractivity contribution >= 4 is 21.9 Å². The van der Waals surface area contributed by atoms with Crippen LogP contribution in [0.25, 0.3) is 0 Å². The van der Waals surface area contributed by atoms with Gasteiger partial charge in [0, 0.05) is 16.0 Å². The molecule has 0 atom stereocenters. The molecule has 16 heavy (non-hydrogen) atoms. The van der Waals surface area contributed by atoms with Crippen LogP contribution < -0.4 is 0 Å². The minimum absolute atomic E-state index is 0.449. The number of rotatable bonds is 3. The molecule has 0 bridgehead atoms. The molecule has 0 N–H and O–H groups in total. The smallest absolute Gasteiger partial charge is 0.384 e. The molecule has 0 aromatic heterocycles. The van der Waals surface area contributed by atoms with Gasteiger partial charge in [-0.25, -0.2) is 4.79 Å². The van der Waals surface area contributed by atoms with Gasteiger partial charge < -0.3 is 4.74 Å². The fourth-order valence-corrected chi connectivity index (χ4v) is 1.27. The van der Waals surface area contributed by atoms with Gasteiger partial charge in [-0.3, -0.25) is 0 Å². The maximum Gasteiger partial charge on any atom is 0.384 e. The quantitative estimate of drug-likeness (QED) is 0.483. The number of carbonyl (C=O) groups is 1. The Morgan fingerprint density at radius 1 is 1.38 bits per heavy atom. The summed E-state index contributed by atoms with van der Waals surface area (Å²) >= 11 is 3.33. The molecule has 0 heterocycles. The van der Waals surface area contributed by atoms with Crippen LogP contribution in [-0.2, 0) is 9.53 Å². The molecule has 0 fully saturated rings. The average Bonchev–Trinajstić information content (AvgIpc) is 2.29. The number of benzene rings is 1. The first-order valence-corrected chi connectivity index (χ1v) is 5.96. The summed E-state index contributed by atoms with van der Waals surface area (Å²) in [5, 5.41) is 0. The van der Waals surface area contributed by atoms with Gasteiger partial charge in [-0.2, -0.15) is 0 Å². The molecule has 0 amide bonds. The highest BCUT2D eigenvalue weighted by atomic mass is 79.9. The SMILES string of the molecule is CCCCOC(=O)C#Cc1ccc(Br)cc1. The average molecular weight is 281 g/mol.